The standard InChI is InChI=1S/C23H37NO/c1-6-14-24-21(25)23(5)13-7-12-22(4)19-10-8-17(16(2)3)15-18(19)9-11-20(22)23/h6,9,16-17,19-20H,1,7-8,10-15H2,2-5H3,(H,24,25)/t17?,19-,20+,22+,23+/m0/s1. The summed E-state index contributed by atoms with van der Waals surface area (Å²) in [5, 5.41) is 3.11. The fourth-order valence-corrected chi connectivity index (χ4v) is 6.43. The zero-order valence-corrected chi connectivity index (χ0v) is 16.7. The minimum Gasteiger partial charge on any atom is -0.352 e. The molecule has 0 aromatic rings. The molecule has 2 fully saturated rings. The summed E-state index contributed by atoms with van der Waals surface area (Å²) >= 11 is 0. The maximum absolute atomic E-state index is 13.0. The number of hydrogen-bond acceptors (Lipinski definition) is 1. The molecule has 3 aliphatic carbocycles. The summed E-state index contributed by atoms with van der Waals surface area (Å²) in [6, 6.07) is 0. The Morgan fingerprint density at radius 1 is 1.36 bits per heavy atom. The fraction of sp³-hybridized carbons (Fsp3) is 0.783. The van der Waals surface area contributed by atoms with Gasteiger partial charge in [-0.1, -0.05) is 51.8 Å². The average molecular weight is 344 g/mol. The van der Waals surface area contributed by atoms with Crippen LogP contribution in [0.4, 0.5) is 0 Å². The van der Waals surface area contributed by atoms with Gasteiger partial charge in [-0.15, -0.1) is 6.58 Å². The lowest BCUT2D eigenvalue weighted by Gasteiger charge is -2.58. The van der Waals surface area contributed by atoms with Gasteiger partial charge in [-0.05, 0) is 67.6 Å². The Labute approximate surface area is 154 Å². The molecule has 2 heteroatoms. The van der Waals surface area contributed by atoms with Crippen LogP contribution in [0.1, 0.15) is 72.6 Å². The van der Waals surface area contributed by atoms with Crippen molar-refractivity contribution in [1.29, 1.82) is 0 Å². The fourth-order valence-electron chi connectivity index (χ4n) is 6.43. The van der Waals surface area contributed by atoms with Crippen molar-refractivity contribution in [2.75, 3.05) is 6.54 Å². The Morgan fingerprint density at radius 3 is 2.80 bits per heavy atom. The van der Waals surface area contributed by atoms with Crippen molar-refractivity contribution in [2.45, 2.75) is 72.6 Å². The highest BCUT2D eigenvalue weighted by Gasteiger charge is 2.57. The number of allylic oxidation sites excluding steroid dienone is 2. The molecule has 1 N–H and O–H groups in total. The number of fused-ring (bicyclic) bond motifs is 3. The van der Waals surface area contributed by atoms with Crippen LogP contribution in [-0.4, -0.2) is 12.5 Å². The third-order valence-corrected chi connectivity index (χ3v) is 8.03. The van der Waals surface area contributed by atoms with Crippen molar-refractivity contribution >= 4 is 5.91 Å². The van der Waals surface area contributed by atoms with E-state index in [0.717, 1.165) is 24.7 Å². The monoisotopic (exact) mass is 343 g/mol. The summed E-state index contributed by atoms with van der Waals surface area (Å²) in [6.07, 6.45) is 12.9. The molecule has 1 unspecified atom stereocenters. The highest BCUT2D eigenvalue weighted by molar-refractivity contribution is 5.83. The molecule has 0 aromatic carbocycles. The van der Waals surface area contributed by atoms with Crippen LogP contribution in [0.5, 0.6) is 0 Å². The van der Waals surface area contributed by atoms with Crippen molar-refractivity contribution in [1.82, 2.24) is 5.32 Å². The molecule has 0 bridgehead atoms. The molecule has 5 atom stereocenters. The first-order valence-electron chi connectivity index (χ1n) is 10.4. The topological polar surface area (TPSA) is 29.1 Å². The Bertz CT molecular complexity index is 562. The van der Waals surface area contributed by atoms with Crippen molar-refractivity contribution in [3.05, 3.63) is 24.3 Å². The zero-order chi connectivity index (χ0) is 18.2. The van der Waals surface area contributed by atoms with Gasteiger partial charge < -0.3 is 5.32 Å². The number of nitrogens with one attached hydrogen (secondary N) is 1. The lowest BCUT2D eigenvalue weighted by atomic mass is 9.46. The second-order valence-corrected chi connectivity index (χ2v) is 9.68. The van der Waals surface area contributed by atoms with Gasteiger partial charge in [-0.3, -0.25) is 4.79 Å². The number of carbonyl (C=O) groups is 1. The molecule has 2 saturated carbocycles. The van der Waals surface area contributed by atoms with Crippen molar-refractivity contribution in [2.24, 2.45) is 34.5 Å². The van der Waals surface area contributed by atoms with Crippen LogP contribution in [0.25, 0.3) is 0 Å². The van der Waals surface area contributed by atoms with Crippen LogP contribution in [0.15, 0.2) is 24.3 Å². The van der Waals surface area contributed by atoms with E-state index in [1.807, 2.05) is 0 Å². The molecule has 2 nitrogen and oxygen atoms in total. The van der Waals surface area contributed by atoms with Gasteiger partial charge in [0, 0.05) is 6.54 Å². The normalized spacial score (nSPS) is 40.7. The maximum atomic E-state index is 13.0. The van der Waals surface area contributed by atoms with Crippen LogP contribution in [-0.2, 0) is 4.79 Å². The van der Waals surface area contributed by atoms with Crippen LogP contribution in [0.3, 0.4) is 0 Å². The highest BCUT2D eigenvalue weighted by Crippen LogP contribution is 2.62. The molecule has 0 heterocycles. The van der Waals surface area contributed by atoms with E-state index < -0.39 is 0 Å². The van der Waals surface area contributed by atoms with E-state index in [9.17, 15) is 4.79 Å². The predicted octanol–water partition coefficient (Wildman–Crippen LogP) is 5.50. The maximum Gasteiger partial charge on any atom is 0.226 e. The Morgan fingerprint density at radius 2 is 2.12 bits per heavy atom. The molecule has 3 rings (SSSR count). The van der Waals surface area contributed by atoms with Crippen LogP contribution in [0, 0.1) is 34.5 Å². The molecular formula is C23H37NO. The van der Waals surface area contributed by atoms with Crippen molar-refractivity contribution in [3.63, 3.8) is 0 Å². The molecule has 1 amide bonds. The minimum absolute atomic E-state index is 0.229. The molecule has 0 saturated heterocycles. The van der Waals surface area contributed by atoms with E-state index in [0.29, 0.717) is 23.8 Å². The summed E-state index contributed by atoms with van der Waals surface area (Å²) in [6.45, 7) is 13.8. The summed E-state index contributed by atoms with van der Waals surface area (Å²) in [5.41, 5.74) is 1.79. The minimum atomic E-state index is -0.229. The molecule has 25 heavy (non-hydrogen) atoms. The first-order chi connectivity index (χ1) is 11.8. The van der Waals surface area contributed by atoms with Gasteiger partial charge in [0.1, 0.15) is 0 Å². The van der Waals surface area contributed by atoms with Crippen LogP contribution >= 0.6 is 0 Å². The molecule has 140 valence electrons. The molecule has 0 spiro atoms. The zero-order valence-electron chi connectivity index (χ0n) is 16.7. The second-order valence-electron chi connectivity index (χ2n) is 9.68. The number of carbonyl (C=O) groups excluding carboxylic acids is 1. The van der Waals surface area contributed by atoms with Crippen molar-refractivity contribution < 1.29 is 4.79 Å². The third-order valence-electron chi connectivity index (χ3n) is 8.03. The Balaban J connectivity index is 1.87. The number of hydrogen-bond donors (Lipinski definition) is 1. The quantitative estimate of drug-likeness (QED) is 0.671. The summed E-state index contributed by atoms with van der Waals surface area (Å²) < 4.78 is 0. The Kier molecular flexibility index (Phi) is 5.19. The molecule has 3 aliphatic rings. The third kappa shape index (κ3) is 3.11. The van der Waals surface area contributed by atoms with Gasteiger partial charge in [0.15, 0.2) is 0 Å². The summed E-state index contributed by atoms with van der Waals surface area (Å²) in [5.74, 6) is 3.06. The van der Waals surface area contributed by atoms with Gasteiger partial charge >= 0.3 is 0 Å². The van der Waals surface area contributed by atoms with Crippen LogP contribution < -0.4 is 5.32 Å². The summed E-state index contributed by atoms with van der Waals surface area (Å²) in [7, 11) is 0. The van der Waals surface area contributed by atoms with Gasteiger partial charge in [-0.2, -0.15) is 0 Å². The van der Waals surface area contributed by atoms with E-state index in [-0.39, 0.29) is 11.3 Å². The molecule has 0 aromatic heterocycles. The van der Waals surface area contributed by atoms with Gasteiger partial charge in [0.2, 0.25) is 5.91 Å². The van der Waals surface area contributed by atoms with Crippen LogP contribution in [0.2, 0.25) is 0 Å². The summed E-state index contributed by atoms with van der Waals surface area (Å²) in [4.78, 5) is 13.0. The highest BCUT2D eigenvalue weighted by atomic mass is 16.2. The van der Waals surface area contributed by atoms with E-state index in [4.69, 9.17) is 0 Å². The largest absolute Gasteiger partial charge is 0.352 e. The van der Waals surface area contributed by atoms with Crippen molar-refractivity contribution in [3.8, 4) is 0 Å². The van der Waals surface area contributed by atoms with Gasteiger partial charge in [0.05, 0.1) is 5.41 Å². The lowest BCUT2D eigenvalue weighted by Crippen LogP contribution is -2.56. The van der Waals surface area contributed by atoms with E-state index in [1.54, 1.807) is 11.6 Å². The van der Waals surface area contributed by atoms with Gasteiger partial charge in [-0.25, -0.2) is 0 Å². The molecule has 0 aliphatic heterocycles. The first kappa shape index (κ1) is 18.7. The smallest absolute Gasteiger partial charge is 0.226 e. The second kappa shape index (κ2) is 6.93. The first-order valence-corrected chi connectivity index (χ1v) is 10.4. The van der Waals surface area contributed by atoms with E-state index in [2.05, 4.69) is 45.7 Å². The molecular weight excluding hydrogens is 306 g/mol. The SMILES string of the molecule is C=CCNC(=O)[C@]1(C)CCC[C@@]2(C)[C@H]1CC=C1CC(C(C)C)CC[C@@H]12. The van der Waals surface area contributed by atoms with Gasteiger partial charge in [0.25, 0.3) is 0 Å². The van der Waals surface area contributed by atoms with E-state index >= 15 is 0 Å². The predicted molar refractivity (Wildman–Crippen MR) is 105 cm³/mol. The molecule has 0 radical (unpaired) electrons. The number of amides is 1. The van der Waals surface area contributed by atoms with E-state index in [1.165, 1.54) is 32.1 Å². The average Bonchev–Trinajstić information content (AvgIpc) is 2.58. The Hall–Kier alpha value is -1.05. The number of rotatable bonds is 4. The lowest BCUT2D eigenvalue weighted by molar-refractivity contribution is -0.144.